The van der Waals surface area contributed by atoms with Crippen LogP contribution in [-0.4, -0.2) is 12.3 Å². The molecule has 1 aliphatic rings. The van der Waals surface area contributed by atoms with Crippen LogP contribution in [0.4, 0.5) is 4.39 Å². The quantitative estimate of drug-likeness (QED) is 0.449. The maximum atomic E-state index is 13.2. The van der Waals surface area contributed by atoms with Crippen LogP contribution in [0.25, 0.3) is 10.4 Å². The number of carbonyl (C=O) groups is 1. The van der Waals surface area contributed by atoms with Crippen LogP contribution in [0, 0.1) is 5.82 Å². The molecule has 0 heterocycles. The number of Topliss-reactive ketones (excluding diaryl/α,β-unsaturated/α-hetero) is 1. The highest BCUT2D eigenvalue weighted by Crippen LogP contribution is 2.38. The van der Waals surface area contributed by atoms with Gasteiger partial charge in [-0.3, -0.25) is 4.79 Å². The number of ketones is 1. The highest BCUT2D eigenvalue weighted by atomic mass is 19.1. The Morgan fingerprint density at radius 1 is 1.53 bits per heavy atom. The molecule has 17 heavy (non-hydrogen) atoms. The molecule has 0 spiro atoms. The Bertz CT molecular complexity index is 496. The normalized spacial score (nSPS) is 23.5. The van der Waals surface area contributed by atoms with Crippen molar-refractivity contribution in [2.24, 2.45) is 5.11 Å². The zero-order valence-electron chi connectivity index (χ0n) is 9.27. The van der Waals surface area contributed by atoms with Gasteiger partial charge >= 0.3 is 0 Å². The van der Waals surface area contributed by atoms with Gasteiger partial charge in [0.15, 0.2) is 0 Å². The van der Waals surface area contributed by atoms with Crippen molar-refractivity contribution in [3.8, 4) is 0 Å². The molecule has 0 amide bonds. The molecule has 1 saturated carbocycles. The Morgan fingerprint density at radius 3 is 2.94 bits per heavy atom. The maximum absolute atomic E-state index is 13.2. The fraction of sp³-hybridized carbons (Fsp3) is 0.417. The van der Waals surface area contributed by atoms with Gasteiger partial charge in [0.1, 0.15) is 11.6 Å². The van der Waals surface area contributed by atoms with Gasteiger partial charge < -0.3 is 0 Å². The zero-order valence-corrected chi connectivity index (χ0v) is 9.27. The van der Waals surface area contributed by atoms with Crippen LogP contribution >= 0.6 is 0 Å². The molecule has 2 rings (SSSR count). The Labute approximate surface area is 98.1 Å². The summed E-state index contributed by atoms with van der Waals surface area (Å²) in [6.07, 6.45) is 1.85. The van der Waals surface area contributed by atoms with E-state index in [0.717, 1.165) is 6.42 Å². The van der Waals surface area contributed by atoms with E-state index in [1.807, 2.05) is 0 Å². The smallest absolute Gasteiger partial charge is 0.143 e. The minimum atomic E-state index is -0.811. The van der Waals surface area contributed by atoms with Crippen LogP contribution < -0.4 is 0 Å². The number of hydrogen-bond donors (Lipinski definition) is 0. The molecule has 0 aliphatic heterocycles. The first kappa shape index (κ1) is 11.6. The summed E-state index contributed by atoms with van der Waals surface area (Å²) < 4.78 is 13.2. The molecule has 0 radical (unpaired) electrons. The molecule has 1 aromatic carbocycles. The second-order valence-corrected chi connectivity index (χ2v) is 4.26. The Kier molecular flexibility index (Phi) is 3.11. The van der Waals surface area contributed by atoms with Crippen molar-refractivity contribution >= 4 is 5.78 Å². The highest BCUT2D eigenvalue weighted by Gasteiger charge is 2.42. The van der Waals surface area contributed by atoms with Crippen LogP contribution in [0.2, 0.25) is 0 Å². The number of hydrogen-bond acceptors (Lipinski definition) is 2. The molecule has 1 aliphatic carbocycles. The molecular formula is C12H12FN3O. The number of benzene rings is 1. The largest absolute Gasteiger partial charge is 0.299 e. The first-order valence-corrected chi connectivity index (χ1v) is 5.49. The summed E-state index contributed by atoms with van der Waals surface area (Å²) in [5, 5.41) is 3.52. The molecule has 1 fully saturated rings. The van der Waals surface area contributed by atoms with E-state index in [1.165, 1.54) is 12.1 Å². The van der Waals surface area contributed by atoms with Gasteiger partial charge in [0, 0.05) is 17.9 Å². The second-order valence-electron chi connectivity index (χ2n) is 4.26. The minimum absolute atomic E-state index is 0.0375. The molecule has 1 unspecified atom stereocenters. The Morgan fingerprint density at radius 2 is 2.35 bits per heavy atom. The molecule has 1 aromatic rings. The van der Waals surface area contributed by atoms with Gasteiger partial charge in [-0.2, -0.15) is 0 Å². The van der Waals surface area contributed by atoms with Crippen molar-refractivity contribution in [1.29, 1.82) is 0 Å². The summed E-state index contributed by atoms with van der Waals surface area (Å²) in [4.78, 5) is 14.7. The molecule has 0 bridgehead atoms. The third kappa shape index (κ3) is 2.01. The Hall–Kier alpha value is -1.87. The molecule has 1 atom stereocenters. The lowest BCUT2D eigenvalue weighted by atomic mass is 9.78. The van der Waals surface area contributed by atoms with Gasteiger partial charge in [0.2, 0.25) is 0 Å². The van der Waals surface area contributed by atoms with E-state index in [1.54, 1.807) is 12.1 Å². The van der Waals surface area contributed by atoms with Gasteiger partial charge in [-0.05, 0) is 36.1 Å². The van der Waals surface area contributed by atoms with Crippen molar-refractivity contribution in [2.75, 3.05) is 6.54 Å². The van der Waals surface area contributed by atoms with Crippen molar-refractivity contribution < 1.29 is 9.18 Å². The first-order chi connectivity index (χ1) is 8.19. The maximum Gasteiger partial charge on any atom is 0.143 e. The summed E-state index contributed by atoms with van der Waals surface area (Å²) in [5.74, 6) is -0.335. The molecule has 0 saturated heterocycles. The molecule has 4 nitrogen and oxygen atoms in total. The number of rotatable bonds is 3. The van der Waals surface area contributed by atoms with Crippen molar-refractivity contribution in [1.82, 2.24) is 0 Å². The fourth-order valence-corrected chi connectivity index (χ4v) is 2.43. The average molecular weight is 233 g/mol. The number of nitrogens with zero attached hydrogens (tertiary/aromatic N) is 3. The summed E-state index contributed by atoms with van der Waals surface area (Å²) in [6, 6.07) is 5.99. The molecule has 5 heteroatoms. The standard InChI is InChI=1S/C12H12FN3O/c13-10-4-1-3-9(7-10)12(8-15-16-14)6-2-5-11(12)17/h1,3-4,7H,2,5-6,8H2. The monoisotopic (exact) mass is 233 g/mol. The summed E-state index contributed by atoms with van der Waals surface area (Å²) in [7, 11) is 0. The second kappa shape index (κ2) is 4.55. The van der Waals surface area contributed by atoms with Crippen molar-refractivity contribution in [3.05, 3.63) is 46.1 Å². The van der Waals surface area contributed by atoms with Crippen LogP contribution in [0.3, 0.4) is 0 Å². The Balaban J connectivity index is 2.46. The minimum Gasteiger partial charge on any atom is -0.299 e. The van der Waals surface area contributed by atoms with E-state index in [-0.39, 0.29) is 18.1 Å². The lowest BCUT2D eigenvalue weighted by Crippen LogP contribution is -2.34. The fourth-order valence-electron chi connectivity index (χ4n) is 2.43. The van der Waals surface area contributed by atoms with Gasteiger partial charge in [0.05, 0.1) is 5.41 Å². The SMILES string of the molecule is [N-]=[N+]=NCC1(c2cccc(F)c2)CCCC1=O. The topological polar surface area (TPSA) is 65.8 Å². The van der Waals surface area contributed by atoms with E-state index in [2.05, 4.69) is 10.0 Å². The van der Waals surface area contributed by atoms with Gasteiger partial charge in [-0.25, -0.2) is 4.39 Å². The third-order valence-electron chi connectivity index (χ3n) is 3.32. The summed E-state index contributed by atoms with van der Waals surface area (Å²) in [6.45, 7) is 0.0752. The van der Waals surface area contributed by atoms with E-state index < -0.39 is 5.41 Å². The van der Waals surface area contributed by atoms with Crippen LogP contribution in [-0.2, 0) is 10.2 Å². The zero-order chi connectivity index (χ0) is 12.3. The first-order valence-electron chi connectivity index (χ1n) is 5.49. The molecule has 0 aromatic heterocycles. The molecular weight excluding hydrogens is 221 g/mol. The summed E-state index contributed by atoms with van der Waals surface area (Å²) in [5.41, 5.74) is 8.21. The molecule has 0 N–H and O–H groups in total. The van der Waals surface area contributed by atoms with Crippen molar-refractivity contribution in [2.45, 2.75) is 24.7 Å². The van der Waals surface area contributed by atoms with Crippen LogP contribution in [0.15, 0.2) is 29.4 Å². The van der Waals surface area contributed by atoms with Crippen LogP contribution in [0.5, 0.6) is 0 Å². The van der Waals surface area contributed by atoms with E-state index in [9.17, 15) is 9.18 Å². The number of halogens is 1. The van der Waals surface area contributed by atoms with Gasteiger partial charge in [-0.15, -0.1) is 0 Å². The van der Waals surface area contributed by atoms with Crippen molar-refractivity contribution in [3.63, 3.8) is 0 Å². The third-order valence-corrected chi connectivity index (χ3v) is 3.32. The molecule has 88 valence electrons. The van der Waals surface area contributed by atoms with E-state index >= 15 is 0 Å². The number of carbonyl (C=O) groups excluding carboxylic acids is 1. The van der Waals surface area contributed by atoms with Crippen LogP contribution in [0.1, 0.15) is 24.8 Å². The number of azide groups is 1. The van der Waals surface area contributed by atoms with E-state index in [0.29, 0.717) is 18.4 Å². The highest BCUT2D eigenvalue weighted by molar-refractivity contribution is 5.92. The summed E-state index contributed by atoms with van der Waals surface area (Å²) >= 11 is 0. The lowest BCUT2D eigenvalue weighted by Gasteiger charge is -2.25. The van der Waals surface area contributed by atoms with E-state index in [4.69, 9.17) is 5.53 Å². The predicted molar refractivity (Wildman–Crippen MR) is 60.9 cm³/mol. The lowest BCUT2D eigenvalue weighted by molar-refractivity contribution is -0.121. The van der Waals surface area contributed by atoms with Gasteiger partial charge in [0.25, 0.3) is 0 Å². The average Bonchev–Trinajstić information content (AvgIpc) is 2.69. The predicted octanol–water partition coefficient (Wildman–Crippen LogP) is 3.13. The van der Waals surface area contributed by atoms with Gasteiger partial charge in [-0.1, -0.05) is 17.2 Å².